The van der Waals surface area contributed by atoms with Gasteiger partial charge in [0.15, 0.2) is 0 Å². The molecule has 172 valence electrons. The number of carbonyl (C=O) groups is 1. The highest BCUT2D eigenvalue weighted by Gasteiger charge is 2.22. The summed E-state index contributed by atoms with van der Waals surface area (Å²) in [6, 6.07) is 16.1. The molecule has 7 heteroatoms. The summed E-state index contributed by atoms with van der Waals surface area (Å²) < 4.78 is 5.60. The molecule has 1 aliphatic rings. The number of carbonyl (C=O) groups excluding carboxylic acids is 1. The molecule has 2 aromatic heterocycles. The van der Waals surface area contributed by atoms with E-state index in [4.69, 9.17) is 4.74 Å². The van der Waals surface area contributed by atoms with Crippen LogP contribution in [-0.2, 0) is 12.8 Å². The number of nitrogens with zero attached hydrogens (tertiary/aromatic N) is 4. The van der Waals surface area contributed by atoms with Crippen LogP contribution in [0.1, 0.15) is 16.8 Å². The van der Waals surface area contributed by atoms with Gasteiger partial charge in [0.1, 0.15) is 5.75 Å². The van der Waals surface area contributed by atoms with Crippen LogP contribution in [0.25, 0.3) is 0 Å². The molecule has 0 spiro atoms. The zero-order valence-corrected chi connectivity index (χ0v) is 19.8. The van der Waals surface area contributed by atoms with Crippen LogP contribution >= 0.6 is 11.8 Å². The standard InChI is InChI=1S/C26H30N4O2S/c1-21-2-5-23(28-20-21)10-14-29-15-17-30(18-16-29)26(31)32-24-6-3-22(4-7-24)11-19-33-25-8-12-27-13-9-25/h2-9,12-13,20H,10-11,14-19H2,1H3. The second kappa shape index (κ2) is 11.8. The van der Waals surface area contributed by atoms with Gasteiger partial charge in [0.25, 0.3) is 0 Å². The molecule has 0 atom stereocenters. The molecule has 0 radical (unpaired) electrons. The molecule has 1 aromatic carbocycles. The van der Waals surface area contributed by atoms with E-state index in [9.17, 15) is 4.79 Å². The Bertz CT molecular complexity index is 1000. The number of hydrogen-bond donors (Lipinski definition) is 0. The van der Waals surface area contributed by atoms with Crippen LogP contribution in [0.4, 0.5) is 4.79 Å². The lowest BCUT2D eigenvalue weighted by molar-refractivity contribution is 0.111. The van der Waals surface area contributed by atoms with Crippen molar-refractivity contribution < 1.29 is 9.53 Å². The number of piperazine rings is 1. The number of rotatable bonds is 8. The minimum atomic E-state index is -0.268. The Morgan fingerprint density at radius 3 is 2.42 bits per heavy atom. The summed E-state index contributed by atoms with van der Waals surface area (Å²) >= 11 is 1.81. The monoisotopic (exact) mass is 462 g/mol. The number of thioether (sulfide) groups is 1. The molecule has 33 heavy (non-hydrogen) atoms. The molecule has 0 saturated carbocycles. The fourth-order valence-electron chi connectivity index (χ4n) is 3.68. The Balaban J connectivity index is 1.16. The van der Waals surface area contributed by atoms with Crippen molar-refractivity contribution in [2.45, 2.75) is 24.7 Å². The van der Waals surface area contributed by atoms with Crippen LogP contribution in [-0.4, -0.2) is 64.3 Å². The molecule has 0 bridgehead atoms. The van der Waals surface area contributed by atoms with Gasteiger partial charge in [0, 0.05) is 74.1 Å². The van der Waals surface area contributed by atoms with Crippen molar-refractivity contribution in [1.29, 1.82) is 0 Å². The van der Waals surface area contributed by atoms with Crippen molar-refractivity contribution >= 4 is 17.9 Å². The van der Waals surface area contributed by atoms with Crippen molar-refractivity contribution in [3.8, 4) is 5.75 Å². The third-order valence-electron chi connectivity index (χ3n) is 5.72. The summed E-state index contributed by atoms with van der Waals surface area (Å²) in [5.74, 6) is 1.59. The average molecular weight is 463 g/mol. The SMILES string of the molecule is Cc1ccc(CCN2CCN(C(=O)Oc3ccc(CCSc4ccncc4)cc3)CC2)nc1. The highest BCUT2D eigenvalue weighted by molar-refractivity contribution is 7.99. The quantitative estimate of drug-likeness (QED) is 0.460. The Hall–Kier alpha value is -2.90. The summed E-state index contributed by atoms with van der Waals surface area (Å²) in [6.45, 7) is 6.09. The maximum absolute atomic E-state index is 12.6. The molecular weight excluding hydrogens is 432 g/mol. The molecule has 4 rings (SSSR count). The van der Waals surface area contributed by atoms with Gasteiger partial charge in [-0.15, -0.1) is 11.8 Å². The van der Waals surface area contributed by atoms with Crippen LogP contribution in [0.15, 0.2) is 72.0 Å². The molecule has 1 fully saturated rings. The van der Waals surface area contributed by atoms with Crippen molar-refractivity contribution in [1.82, 2.24) is 19.8 Å². The van der Waals surface area contributed by atoms with E-state index in [2.05, 4.69) is 27.0 Å². The Morgan fingerprint density at radius 1 is 0.970 bits per heavy atom. The highest BCUT2D eigenvalue weighted by atomic mass is 32.2. The Kier molecular flexibility index (Phi) is 8.33. The van der Waals surface area contributed by atoms with E-state index in [0.717, 1.165) is 43.9 Å². The summed E-state index contributed by atoms with van der Waals surface area (Å²) in [6.07, 6.45) is 7.16. The molecule has 6 nitrogen and oxygen atoms in total. The smallest absolute Gasteiger partial charge is 0.410 e. The van der Waals surface area contributed by atoms with Gasteiger partial charge in [-0.25, -0.2) is 4.79 Å². The first kappa shape index (κ1) is 23.3. The van der Waals surface area contributed by atoms with E-state index >= 15 is 0 Å². The number of aromatic nitrogens is 2. The van der Waals surface area contributed by atoms with Crippen molar-refractivity contribution in [2.75, 3.05) is 38.5 Å². The van der Waals surface area contributed by atoms with Gasteiger partial charge < -0.3 is 9.64 Å². The predicted octanol–water partition coefficient (Wildman–Crippen LogP) is 4.48. The van der Waals surface area contributed by atoms with Gasteiger partial charge in [-0.05, 0) is 54.8 Å². The summed E-state index contributed by atoms with van der Waals surface area (Å²) in [5.41, 5.74) is 3.52. The lowest BCUT2D eigenvalue weighted by atomic mass is 10.2. The van der Waals surface area contributed by atoms with Crippen molar-refractivity contribution in [3.63, 3.8) is 0 Å². The number of ether oxygens (including phenoxy) is 1. The van der Waals surface area contributed by atoms with E-state index in [1.54, 1.807) is 4.90 Å². The first-order chi connectivity index (χ1) is 16.2. The molecule has 0 N–H and O–H groups in total. The number of aryl methyl sites for hydroxylation is 2. The Labute approximate surface area is 200 Å². The zero-order chi connectivity index (χ0) is 22.9. The average Bonchev–Trinajstić information content (AvgIpc) is 2.86. The minimum absolute atomic E-state index is 0.268. The molecular formula is C26H30N4O2S. The number of pyridine rings is 2. The first-order valence-corrected chi connectivity index (χ1v) is 12.4. The van der Waals surface area contributed by atoms with E-state index in [-0.39, 0.29) is 6.09 Å². The second-order valence-corrected chi connectivity index (χ2v) is 9.37. The van der Waals surface area contributed by atoms with Gasteiger partial charge in [0.2, 0.25) is 0 Å². The highest BCUT2D eigenvalue weighted by Crippen LogP contribution is 2.20. The molecule has 1 saturated heterocycles. The fraction of sp³-hybridized carbons (Fsp3) is 0.346. The normalized spacial score (nSPS) is 14.3. The third kappa shape index (κ3) is 7.30. The van der Waals surface area contributed by atoms with E-state index in [1.807, 2.05) is 73.7 Å². The van der Waals surface area contributed by atoms with Crippen LogP contribution in [0.5, 0.6) is 5.75 Å². The second-order valence-electron chi connectivity index (χ2n) is 8.20. The van der Waals surface area contributed by atoms with Crippen LogP contribution < -0.4 is 4.74 Å². The predicted molar refractivity (Wildman–Crippen MR) is 132 cm³/mol. The summed E-state index contributed by atoms with van der Waals surface area (Å²) in [4.78, 5) is 26.5. The Morgan fingerprint density at radius 2 is 1.73 bits per heavy atom. The minimum Gasteiger partial charge on any atom is -0.410 e. The van der Waals surface area contributed by atoms with Crippen LogP contribution in [0.2, 0.25) is 0 Å². The summed E-state index contributed by atoms with van der Waals surface area (Å²) in [7, 11) is 0. The first-order valence-electron chi connectivity index (χ1n) is 11.4. The van der Waals surface area contributed by atoms with Crippen molar-refractivity contribution in [2.24, 2.45) is 0 Å². The molecule has 3 heterocycles. The topological polar surface area (TPSA) is 58.6 Å². The van der Waals surface area contributed by atoms with E-state index in [0.29, 0.717) is 18.8 Å². The maximum Gasteiger partial charge on any atom is 0.415 e. The van der Waals surface area contributed by atoms with Gasteiger partial charge in [0.05, 0.1) is 0 Å². The number of amides is 1. The van der Waals surface area contributed by atoms with Crippen LogP contribution in [0, 0.1) is 6.92 Å². The molecule has 1 aliphatic heterocycles. The summed E-state index contributed by atoms with van der Waals surface area (Å²) in [5, 5.41) is 0. The van der Waals surface area contributed by atoms with Crippen LogP contribution in [0.3, 0.4) is 0 Å². The van der Waals surface area contributed by atoms with Gasteiger partial charge in [-0.1, -0.05) is 18.2 Å². The van der Waals surface area contributed by atoms with Gasteiger partial charge >= 0.3 is 6.09 Å². The molecule has 3 aromatic rings. The van der Waals surface area contributed by atoms with E-state index < -0.39 is 0 Å². The number of hydrogen-bond acceptors (Lipinski definition) is 6. The fourth-order valence-corrected chi connectivity index (χ4v) is 4.57. The molecule has 0 aliphatic carbocycles. The lowest BCUT2D eigenvalue weighted by Crippen LogP contribution is -2.49. The van der Waals surface area contributed by atoms with Crippen molar-refractivity contribution in [3.05, 3.63) is 83.9 Å². The largest absolute Gasteiger partial charge is 0.415 e. The van der Waals surface area contributed by atoms with E-state index in [1.165, 1.54) is 16.0 Å². The third-order valence-corrected chi connectivity index (χ3v) is 6.74. The molecule has 0 unspecified atom stereocenters. The maximum atomic E-state index is 12.6. The molecule has 1 amide bonds. The zero-order valence-electron chi connectivity index (χ0n) is 19.0. The lowest BCUT2D eigenvalue weighted by Gasteiger charge is -2.33. The number of benzene rings is 1. The van der Waals surface area contributed by atoms with Gasteiger partial charge in [-0.3, -0.25) is 14.9 Å². The van der Waals surface area contributed by atoms with Gasteiger partial charge in [-0.2, -0.15) is 0 Å².